The summed E-state index contributed by atoms with van der Waals surface area (Å²) in [4.78, 5) is 5.63. The van der Waals surface area contributed by atoms with Crippen LogP contribution in [0.1, 0.15) is 35.8 Å². The minimum atomic E-state index is -0.399. The van der Waals surface area contributed by atoms with Gasteiger partial charge in [0.05, 0.1) is 11.8 Å². The number of rotatable bonds is 2. The Hall–Kier alpha value is -0.880. The van der Waals surface area contributed by atoms with Crippen LogP contribution in [0.4, 0.5) is 0 Å². The Labute approximate surface area is 83.2 Å². The Balaban J connectivity index is 3.15. The zero-order valence-corrected chi connectivity index (χ0v) is 9.33. The lowest BCUT2D eigenvalue weighted by Gasteiger charge is -2.15. The molecule has 0 aliphatic rings. The van der Waals surface area contributed by atoms with E-state index in [-0.39, 0.29) is 0 Å². The molecule has 1 atom stereocenters. The maximum Gasteiger partial charge on any atom is 0.113 e. The molecule has 2 nitrogen and oxygen atoms in total. The van der Waals surface area contributed by atoms with Crippen LogP contribution in [0.15, 0.2) is 0 Å². The van der Waals surface area contributed by atoms with Crippen molar-refractivity contribution in [2.24, 2.45) is 0 Å². The van der Waals surface area contributed by atoms with Gasteiger partial charge in [0.15, 0.2) is 0 Å². The molecule has 70 valence electrons. The molecule has 1 unspecified atom stereocenters. The first-order chi connectivity index (χ1) is 6.03. The van der Waals surface area contributed by atoms with Gasteiger partial charge in [0.1, 0.15) is 10.4 Å². The molecule has 1 aromatic rings. The Morgan fingerprint density at radius 3 is 2.46 bits per heavy atom. The fourth-order valence-corrected chi connectivity index (χ4v) is 2.07. The van der Waals surface area contributed by atoms with Crippen molar-refractivity contribution >= 4 is 11.3 Å². The van der Waals surface area contributed by atoms with Gasteiger partial charge in [-0.1, -0.05) is 6.92 Å². The van der Waals surface area contributed by atoms with Crippen LogP contribution in [0, 0.1) is 25.2 Å². The third-order valence-corrected chi connectivity index (χ3v) is 3.79. The zero-order chi connectivity index (χ0) is 10.1. The fraction of sp³-hybridized carbons (Fsp3) is 0.600. The molecule has 0 aliphatic heterocycles. The molecule has 0 aromatic carbocycles. The highest BCUT2D eigenvalue weighted by Gasteiger charge is 2.28. The summed E-state index contributed by atoms with van der Waals surface area (Å²) in [5, 5.41) is 10.0. The molecular formula is C10H14N2S. The largest absolute Gasteiger partial charge is 0.245 e. The number of nitrogens with zero attached hydrogens (tertiary/aromatic N) is 2. The molecule has 1 aromatic heterocycles. The lowest BCUT2D eigenvalue weighted by Crippen LogP contribution is -2.17. The van der Waals surface area contributed by atoms with Gasteiger partial charge in [-0.15, -0.1) is 11.3 Å². The predicted molar refractivity (Wildman–Crippen MR) is 54.8 cm³/mol. The van der Waals surface area contributed by atoms with E-state index < -0.39 is 5.41 Å². The van der Waals surface area contributed by atoms with E-state index in [1.165, 1.54) is 4.88 Å². The molecule has 0 N–H and O–H groups in total. The Morgan fingerprint density at radius 1 is 1.54 bits per heavy atom. The summed E-state index contributed by atoms with van der Waals surface area (Å²) in [6.45, 7) is 8.01. The minimum Gasteiger partial charge on any atom is -0.245 e. The van der Waals surface area contributed by atoms with Crippen molar-refractivity contribution in [1.29, 1.82) is 5.26 Å². The second-order valence-electron chi connectivity index (χ2n) is 3.46. The number of aromatic nitrogens is 1. The number of nitriles is 1. The van der Waals surface area contributed by atoms with Gasteiger partial charge in [-0.05, 0) is 27.2 Å². The number of thiazole rings is 1. The van der Waals surface area contributed by atoms with Crippen molar-refractivity contribution < 1.29 is 0 Å². The Morgan fingerprint density at radius 2 is 2.15 bits per heavy atom. The van der Waals surface area contributed by atoms with Gasteiger partial charge in [-0.3, -0.25) is 0 Å². The van der Waals surface area contributed by atoms with Crippen LogP contribution in [0.3, 0.4) is 0 Å². The summed E-state index contributed by atoms with van der Waals surface area (Å²) >= 11 is 1.64. The van der Waals surface area contributed by atoms with Crippen LogP contribution in [0.25, 0.3) is 0 Å². The van der Waals surface area contributed by atoms with Crippen molar-refractivity contribution in [3.63, 3.8) is 0 Å². The molecule has 1 heterocycles. The minimum absolute atomic E-state index is 0.399. The molecular weight excluding hydrogens is 180 g/mol. The molecule has 0 aliphatic carbocycles. The SMILES string of the molecule is CCC(C)(C#N)c1nc(C)c(C)s1. The quantitative estimate of drug-likeness (QED) is 0.725. The molecule has 3 heteroatoms. The predicted octanol–water partition coefficient (Wildman–Crippen LogP) is 2.95. The van der Waals surface area contributed by atoms with Crippen molar-refractivity contribution in [1.82, 2.24) is 4.98 Å². The average molecular weight is 194 g/mol. The van der Waals surface area contributed by atoms with E-state index in [2.05, 4.69) is 11.1 Å². The van der Waals surface area contributed by atoms with Gasteiger partial charge in [0, 0.05) is 4.88 Å². The summed E-state index contributed by atoms with van der Waals surface area (Å²) in [5.41, 5.74) is 0.652. The standard InChI is InChI=1S/C10H14N2S/c1-5-10(4,6-11)9-12-7(2)8(3)13-9/h5H2,1-4H3. The van der Waals surface area contributed by atoms with Crippen LogP contribution in [-0.4, -0.2) is 4.98 Å². The van der Waals surface area contributed by atoms with Crippen LogP contribution in [0.2, 0.25) is 0 Å². The summed E-state index contributed by atoms with van der Waals surface area (Å²) in [5.74, 6) is 0. The summed E-state index contributed by atoms with van der Waals surface area (Å²) in [7, 11) is 0. The van der Waals surface area contributed by atoms with Crippen LogP contribution >= 0.6 is 11.3 Å². The number of aryl methyl sites for hydroxylation is 2. The van der Waals surface area contributed by atoms with E-state index in [1.807, 2.05) is 27.7 Å². The molecule has 1 rings (SSSR count). The molecule has 0 radical (unpaired) electrons. The average Bonchev–Trinajstić information content (AvgIpc) is 2.46. The van der Waals surface area contributed by atoms with E-state index in [4.69, 9.17) is 5.26 Å². The fourth-order valence-electron chi connectivity index (χ4n) is 0.987. The van der Waals surface area contributed by atoms with Crippen LogP contribution in [0.5, 0.6) is 0 Å². The molecule has 0 saturated heterocycles. The molecule has 0 bridgehead atoms. The number of hydrogen-bond acceptors (Lipinski definition) is 3. The third kappa shape index (κ3) is 1.73. The maximum absolute atomic E-state index is 9.06. The van der Waals surface area contributed by atoms with E-state index in [1.54, 1.807) is 11.3 Å². The van der Waals surface area contributed by atoms with Crippen LogP contribution < -0.4 is 0 Å². The lowest BCUT2D eigenvalue weighted by molar-refractivity contribution is 0.582. The zero-order valence-electron chi connectivity index (χ0n) is 8.51. The summed E-state index contributed by atoms with van der Waals surface area (Å²) < 4.78 is 0. The maximum atomic E-state index is 9.06. The van der Waals surface area contributed by atoms with Gasteiger partial charge in [-0.25, -0.2) is 4.98 Å². The molecule has 0 amide bonds. The van der Waals surface area contributed by atoms with Gasteiger partial charge in [-0.2, -0.15) is 5.26 Å². The first kappa shape index (κ1) is 10.2. The van der Waals surface area contributed by atoms with Gasteiger partial charge >= 0.3 is 0 Å². The Kier molecular flexibility index (Phi) is 2.72. The third-order valence-electron chi connectivity index (χ3n) is 2.45. The normalized spacial score (nSPS) is 15.0. The molecule has 13 heavy (non-hydrogen) atoms. The van der Waals surface area contributed by atoms with E-state index in [9.17, 15) is 0 Å². The van der Waals surface area contributed by atoms with E-state index in [0.717, 1.165) is 17.1 Å². The van der Waals surface area contributed by atoms with Crippen molar-refractivity contribution in [2.75, 3.05) is 0 Å². The molecule has 0 fully saturated rings. The second kappa shape index (κ2) is 3.47. The van der Waals surface area contributed by atoms with E-state index >= 15 is 0 Å². The van der Waals surface area contributed by atoms with E-state index in [0.29, 0.717) is 0 Å². The van der Waals surface area contributed by atoms with Gasteiger partial charge < -0.3 is 0 Å². The highest BCUT2D eigenvalue weighted by atomic mass is 32.1. The van der Waals surface area contributed by atoms with Gasteiger partial charge in [0.2, 0.25) is 0 Å². The smallest absolute Gasteiger partial charge is 0.113 e. The van der Waals surface area contributed by atoms with Crippen molar-refractivity contribution in [3.8, 4) is 6.07 Å². The van der Waals surface area contributed by atoms with Crippen molar-refractivity contribution in [3.05, 3.63) is 15.6 Å². The molecule has 0 spiro atoms. The monoisotopic (exact) mass is 194 g/mol. The highest BCUT2D eigenvalue weighted by Crippen LogP contribution is 2.31. The lowest BCUT2D eigenvalue weighted by atomic mass is 9.90. The van der Waals surface area contributed by atoms with Gasteiger partial charge in [0.25, 0.3) is 0 Å². The summed E-state index contributed by atoms with van der Waals surface area (Å²) in [6.07, 6.45) is 0.815. The topological polar surface area (TPSA) is 36.7 Å². The first-order valence-corrected chi connectivity index (χ1v) is 5.21. The number of hydrogen-bond donors (Lipinski definition) is 0. The summed E-state index contributed by atoms with van der Waals surface area (Å²) in [6, 6.07) is 2.33. The Bertz CT molecular complexity index is 329. The first-order valence-electron chi connectivity index (χ1n) is 4.39. The highest BCUT2D eigenvalue weighted by molar-refractivity contribution is 7.11. The van der Waals surface area contributed by atoms with Crippen molar-refractivity contribution in [2.45, 2.75) is 39.5 Å². The second-order valence-corrected chi connectivity index (χ2v) is 4.66. The van der Waals surface area contributed by atoms with Crippen LogP contribution in [-0.2, 0) is 5.41 Å². The molecule has 0 saturated carbocycles.